The van der Waals surface area contributed by atoms with Gasteiger partial charge >= 0.3 is 0 Å². The highest BCUT2D eigenvalue weighted by Crippen LogP contribution is 2.38. The van der Waals surface area contributed by atoms with E-state index >= 15 is 0 Å². The molecular weight excluding hydrogens is 264 g/mol. The summed E-state index contributed by atoms with van der Waals surface area (Å²) < 4.78 is 6.09. The van der Waals surface area contributed by atoms with Crippen LogP contribution in [-0.2, 0) is 9.22 Å². The van der Waals surface area contributed by atoms with E-state index in [2.05, 4.69) is 33.9 Å². The van der Waals surface area contributed by atoms with Crippen LogP contribution in [0.5, 0.6) is 0 Å². The van der Waals surface area contributed by atoms with Crippen LogP contribution in [0, 0.1) is 0 Å². The zero-order chi connectivity index (χ0) is 14.6. The van der Waals surface area contributed by atoms with Gasteiger partial charge in [0.05, 0.1) is 6.10 Å². The van der Waals surface area contributed by atoms with Crippen molar-refractivity contribution in [2.75, 3.05) is 5.75 Å². The van der Waals surface area contributed by atoms with Crippen LogP contribution in [0.25, 0.3) is 0 Å². The largest absolute Gasteiger partial charge is 0.404 e. The molecule has 0 fully saturated rings. The minimum absolute atomic E-state index is 0.0376. The molecule has 0 spiro atoms. The van der Waals surface area contributed by atoms with Crippen molar-refractivity contribution in [2.24, 2.45) is 0 Å². The SMILES string of the molecule is CCSC(=O)[C@H](O[Si](C)(C)C(C)(C)C)[C@@H](O)CC. The summed E-state index contributed by atoms with van der Waals surface area (Å²) in [7, 11) is -2.03. The van der Waals surface area contributed by atoms with Crippen molar-refractivity contribution in [1.82, 2.24) is 0 Å². The predicted octanol–water partition coefficient (Wildman–Crippen LogP) is 3.43. The molecule has 18 heavy (non-hydrogen) atoms. The molecule has 0 aromatic carbocycles. The Labute approximate surface area is 117 Å². The second-order valence-electron chi connectivity index (χ2n) is 6.03. The third kappa shape index (κ3) is 5.03. The van der Waals surface area contributed by atoms with Crippen LogP contribution in [0.4, 0.5) is 0 Å². The summed E-state index contributed by atoms with van der Waals surface area (Å²) >= 11 is 1.23. The number of thioether (sulfide) groups is 1. The topological polar surface area (TPSA) is 46.5 Å². The maximum atomic E-state index is 12.0. The van der Waals surface area contributed by atoms with Gasteiger partial charge in [-0.2, -0.15) is 0 Å². The summed E-state index contributed by atoms with van der Waals surface area (Å²) in [4.78, 5) is 12.0. The average molecular weight is 293 g/mol. The molecule has 0 heterocycles. The van der Waals surface area contributed by atoms with E-state index < -0.39 is 20.5 Å². The van der Waals surface area contributed by atoms with Gasteiger partial charge in [0.25, 0.3) is 0 Å². The van der Waals surface area contributed by atoms with Gasteiger partial charge in [-0.05, 0) is 30.3 Å². The summed E-state index contributed by atoms with van der Waals surface area (Å²) in [6.07, 6.45) is -0.846. The summed E-state index contributed by atoms with van der Waals surface area (Å²) in [5.74, 6) is 0.715. The Hall–Kier alpha value is 0.157. The molecule has 1 N–H and O–H groups in total. The Morgan fingerprint density at radius 1 is 1.33 bits per heavy atom. The minimum atomic E-state index is -2.03. The summed E-state index contributed by atoms with van der Waals surface area (Å²) in [6, 6.07) is 0. The molecule has 0 rings (SSSR count). The van der Waals surface area contributed by atoms with Crippen molar-refractivity contribution < 1.29 is 14.3 Å². The van der Waals surface area contributed by atoms with Crippen LogP contribution in [0.3, 0.4) is 0 Å². The molecule has 0 radical (unpaired) electrons. The Kier molecular flexibility index (Phi) is 7.14. The van der Waals surface area contributed by atoms with Gasteiger partial charge in [-0.1, -0.05) is 46.4 Å². The first-order valence-corrected chi connectivity index (χ1v) is 10.5. The van der Waals surface area contributed by atoms with Crippen LogP contribution in [0.2, 0.25) is 18.1 Å². The Balaban J connectivity index is 4.96. The van der Waals surface area contributed by atoms with Gasteiger partial charge in [-0.25, -0.2) is 0 Å². The molecule has 0 aromatic rings. The van der Waals surface area contributed by atoms with E-state index in [1.54, 1.807) is 0 Å². The number of hydrogen-bond acceptors (Lipinski definition) is 4. The Morgan fingerprint density at radius 3 is 2.17 bits per heavy atom. The molecule has 0 aliphatic heterocycles. The lowest BCUT2D eigenvalue weighted by Crippen LogP contribution is -2.49. The Morgan fingerprint density at radius 2 is 1.83 bits per heavy atom. The maximum absolute atomic E-state index is 12.0. The highest BCUT2D eigenvalue weighted by atomic mass is 32.2. The fraction of sp³-hybridized carbons (Fsp3) is 0.923. The number of hydrogen-bond donors (Lipinski definition) is 1. The van der Waals surface area contributed by atoms with Crippen LogP contribution >= 0.6 is 11.8 Å². The van der Waals surface area contributed by atoms with Gasteiger partial charge < -0.3 is 9.53 Å². The number of aliphatic hydroxyl groups is 1. The molecule has 0 aromatic heterocycles. The third-order valence-corrected chi connectivity index (χ3v) is 8.78. The quantitative estimate of drug-likeness (QED) is 0.762. The molecule has 0 saturated carbocycles. The highest BCUT2D eigenvalue weighted by molar-refractivity contribution is 8.13. The van der Waals surface area contributed by atoms with Gasteiger partial charge in [-0.3, -0.25) is 4.79 Å². The fourth-order valence-electron chi connectivity index (χ4n) is 1.22. The second-order valence-corrected chi connectivity index (χ2v) is 12.1. The van der Waals surface area contributed by atoms with Gasteiger partial charge in [0, 0.05) is 0 Å². The first-order chi connectivity index (χ1) is 8.06. The molecular formula is C13H28O3SSi. The zero-order valence-corrected chi connectivity index (χ0v) is 14.6. The summed E-state index contributed by atoms with van der Waals surface area (Å²) in [6.45, 7) is 14.4. The van der Waals surface area contributed by atoms with Crippen molar-refractivity contribution in [3.63, 3.8) is 0 Å². The van der Waals surface area contributed by atoms with E-state index in [9.17, 15) is 9.90 Å². The average Bonchev–Trinajstić information content (AvgIpc) is 2.23. The molecule has 0 unspecified atom stereocenters. The van der Waals surface area contributed by atoms with Crippen LogP contribution in [-0.4, -0.2) is 36.5 Å². The first kappa shape index (κ1) is 18.2. The molecule has 0 aliphatic carbocycles. The molecule has 0 amide bonds. The normalized spacial score (nSPS) is 16.4. The maximum Gasteiger partial charge on any atom is 0.219 e. The standard InChI is InChI=1S/C13H28O3SSi/c1-8-10(14)11(12(15)17-9-2)16-18(6,7)13(3,4)5/h10-11,14H,8-9H2,1-7H3/t10-,11+/m0/s1. The second kappa shape index (κ2) is 7.08. The highest BCUT2D eigenvalue weighted by Gasteiger charge is 2.42. The van der Waals surface area contributed by atoms with Crippen molar-refractivity contribution in [1.29, 1.82) is 0 Å². The first-order valence-electron chi connectivity index (χ1n) is 6.59. The summed E-state index contributed by atoms with van der Waals surface area (Å²) in [5, 5.41) is 10.00. The zero-order valence-electron chi connectivity index (χ0n) is 12.7. The number of aliphatic hydroxyl groups excluding tert-OH is 1. The lowest BCUT2D eigenvalue weighted by atomic mass is 10.2. The van der Waals surface area contributed by atoms with E-state index in [4.69, 9.17) is 4.43 Å². The smallest absolute Gasteiger partial charge is 0.219 e. The molecule has 3 nitrogen and oxygen atoms in total. The number of carbonyl (C=O) groups excluding carboxylic acids is 1. The van der Waals surface area contributed by atoms with E-state index in [0.29, 0.717) is 12.2 Å². The molecule has 0 bridgehead atoms. The predicted molar refractivity (Wildman–Crippen MR) is 81.5 cm³/mol. The molecule has 5 heteroatoms. The van der Waals surface area contributed by atoms with E-state index in [1.807, 2.05) is 13.8 Å². The third-order valence-electron chi connectivity index (χ3n) is 3.51. The van der Waals surface area contributed by atoms with Crippen LogP contribution in [0.1, 0.15) is 41.0 Å². The van der Waals surface area contributed by atoms with Gasteiger partial charge in [0.1, 0.15) is 6.10 Å². The molecule has 0 saturated heterocycles. The number of rotatable bonds is 6. The summed E-state index contributed by atoms with van der Waals surface area (Å²) in [5.41, 5.74) is 0. The van der Waals surface area contributed by atoms with Crippen molar-refractivity contribution in [3.05, 3.63) is 0 Å². The van der Waals surface area contributed by atoms with Crippen molar-refractivity contribution in [2.45, 2.75) is 71.4 Å². The van der Waals surface area contributed by atoms with E-state index in [1.165, 1.54) is 11.8 Å². The molecule has 108 valence electrons. The van der Waals surface area contributed by atoms with Crippen molar-refractivity contribution >= 4 is 25.2 Å². The van der Waals surface area contributed by atoms with Crippen molar-refractivity contribution in [3.8, 4) is 0 Å². The molecule has 2 atom stereocenters. The van der Waals surface area contributed by atoms with Gasteiger partial charge in [0.2, 0.25) is 5.12 Å². The van der Waals surface area contributed by atoms with Crippen LogP contribution < -0.4 is 0 Å². The Bertz CT molecular complexity index is 274. The van der Waals surface area contributed by atoms with E-state index in [-0.39, 0.29) is 10.2 Å². The lowest BCUT2D eigenvalue weighted by molar-refractivity contribution is -0.122. The fourth-order valence-corrected chi connectivity index (χ4v) is 3.21. The molecule has 0 aliphatic rings. The minimum Gasteiger partial charge on any atom is -0.404 e. The van der Waals surface area contributed by atoms with Gasteiger partial charge in [-0.15, -0.1) is 0 Å². The van der Waals surface area contributed by atoms with Crippen LogP contribution in [0.15, 0.2) is 0 Å². The number of carbonyl (C=O) groups is 1. The lowest BCUT2D eigenvalue weighted by Gasteiger charge is -2.39. The van der Waals surface area contributed by atoms with E-state index in [0.717, 1.165) is 0 Å². The van der Waals surface area contributed by atoms with Gasteiger partial charge in [0.15, 0.2) is 8.32 Å². The monoisotopic (exact) mass is 292 g/mol.